The first-order valence-corrected chi connectivity index (χ1v) is 10.9. The molecule has 3 rings (SSSR count). The van der Waals surface area contributed by atoms with Gasteiger partial charge < -0.3 is 19.5 Å². The van der Waals surface area contributed by atoms with Crippen LogP contribution in [-0.2, 0) is 24.3 Å². The highest BCUT2D eigenvalue weighted by atomic mass is 32.2. The van der Waals surface area contributed by atoms with Gasteiger partial charge in [-0.25, -0.2) is 12.8 Å². The number of ether oxygens (including phenoxy) is 3. The second kappa shape index (κ2) is 9.75. The third kappa shape index (κ3) is 5.92. The summed E-state index contributed by atoms with van der Waals surface area (Å²) in [6.45, 7) is 1.44. The quantitative estimate of drug-likeness (QED) is 0.615. The number of nitrogens with one attached hydrogen (secondary N) is 2. The molecule has 11 heteroatoms. The predicted molar refractivity (Wildman–Crippen MR) is 108 cm³/mol. The number of sulfonamides is 1. The Hall–Kier alpha value is -3.18. The van der Waals surface area contributed by atoms with E-state index in [1.54, 1.807) is 0 Å². The maximum atomic E-state index is 13.6. The molecule has 2 aromatic rings. The molecule has 1 heterocycles. The number of rotatable bonds is 7. The van der Waals surface area contributed by atoms with Gasteiger partial charge in [0.25, 0.3) is 5.91 Å². The fraction of sp³-hybridized carbons (Fsp3) is 0.300. The highest BCUT2D eigenvalue weighted by Gasteiger charge is 2.23. The Bertz CT molecular complexity index is 1070. The summed E-state index contributed by atoms with van der Waals surface area (Å²) < 4.78 is 56.5. The smallest absolute Gasteiger partial charge is 0.321 e. The van der Waals surface area contributed by atoms with Gasteiger partial charge in [0.1, 0.15) is 12.4 Å². The standard InChI is InChI=1S/C20H21FN2O7S/c1-13(20(25)23-16-6-3-2-5-15(16)21)30-19(24)12-22-31(26,27)14-7-8-17-18(11-14)29-10-4-9-28-17/h2-3,5-8,11,13,22H,4,9-10,12H2,1H3,(H,23,25). The summed E-state index contributed by atoms with van der Waals surface area (Å²) >= 11 is 0. The number of carbonyl (C=O) groups is 2. The monoisotopic (exact) mass is 452 g/mol. The number of amides is 1. The molecule has 0 saturated carbocycles. The molecule has 9 nitrogen and oxygen atoms in total. The molecule has 0 spiro atoms. The van der Waals surface area contributed by atoms with Gasteiger partial charge in [0.05, 0.1) is 23.8 Å². The maximum Gasteiger partial charge on any atom is 0.321 e. The van der Waals surface area contributed by atoms with E-state index in [9.17, 15) is 22.4 Å². The van der Waals surface area contributed by atoms with Gasteiger partial charge in [-0.05, 0) is 31.2 Å². The average molecular weight is 452 g/mol. The van der Waals surface area contributed by atoms with Crippen molar-refractivity contribution in [2.24, 2.45) is 0 Å². The van der Waals surface area contributed by atoms with Crippen molar-refractivity contribution in [3.8, 4) is 11.5 Å². The zero-order valence-corrected chi connectivity index (χ0v) is 17.4. The van der Waals surface area contributed by atoms with E-state index in [1.165, 1.54) is 49.4 Å². The van der Waals surface area contributed by atoms with Crippen molar-refractivity contribution in [3.63, 3.8) is 0 Å². The van der Waals surface area contributed by atoms with Crippen LogP contribution in [0.2, 0.25) is 0 Å². The first-order chi connectivity index (χ1) is 14.8. The van der Waals surface area contributed by atoms with E-state index < -0.39 is 40.4 Å². The van der Waals surface area contributed by atoms with Gasteiger partial charge in [-0.2, -0.15) is 4.72 Å². The third-order valence-electron chi connectivity index (χ3n) is 4.24. The van der Waals surface area contributed by atoms with Crippen LogP contribution < -0.4 is 19.5 Å². The van der Waals surface area contributed by atoms with Gasteiger partial charge in [-0.15, -0.1) is 0 Å². The van der Waals surface area contributed by atoms with Gasteiger partial charge in [-0.3, -0.25) is 9.59 Å². The predicted octanol–water partition coefficient (Wildman–Crippen LogP) is 1.84. The Kier molecular flexibility index (Phi) is 7.08. The van der Waals surface area contributed by atoms with Gasteiger partial charge in [0, 0.05) is 12.5 Å². The Balaban J connectivity index is 1.55. The highest BCUT2D eigenvalue weighted by Crippen LogP contribution is 2.31. The second-order valence-corrected chi connectivity index (χ2v) is 8.35. The summed E-state index contributed by atoms with van der Waals surface area (Å²) in [7, 11) is -4.05. The van der Waals surface area contributed by atoms with Crippen molar-refractivity contribution < 1.29 is 36.6 Å². The van der Waals surface area contributed by atoms with E-state index in [2.05, 4.69) is 10.0 Å². The van der Waals surface area contributed by atoms with Crippen LogP contribution in [0.3, 0.4) is 0 Å². The molecule has 2 N–H and O–H groups in total. The fourth-order valence-corrected chi connectivity index (χ4v) is 3.62. The van der Waals surface area contributed by atoms with Crippen LogP contribution in [0.4, 0.5) is 10.1 Å². The van der Waals surface area contributed by atoms with Crippen LogP contribution in [0, 0.1) is 5.82 Å². The molecule has 0 fully saturated rings. The molecule has 1 unspecified atom stereocenters. The third-order valence-corrected chi connectivity index (χ3v) is 5.64. The zero-order chi connectivity index (χ0) is 22.4. The Morgan fingerprint density at radius 2 is 1.84 bits per heavy atom. The molecule has 0 aromatic heterocycles. The lowest BCUT2D eigenvalue weighted by Crippen LogP contribution is -2.36. The van der Waals surface area contributed by atoms with Crippen LogP contribution >= 0.6 is 0 Å². The molecule has 0 saturated heterocycles. The number of halogens is 1. The Morgan fingerprint density at radius 1 is 1.13 bits per heavy atom. The fourth-order valence-electron chi connectivity index (χ4n) is 2.64. The van der Waals surface area contributed by atoms with Crippen LogP contribution in [-0.4, -0.2) is 46.2 Å². The molecule has 0 bridgehead atoms. The van der Waals surface area contributed by atoms with Crippen molar-refractivity contribution in [1.82, 2.24) is 4.72 Å². The molecule has 1 amide bonds. The number of esters is 1. The molecule has 2 aromatic carbocycles. The van der Waals surface area contributed by atoms with Gasteiger partial charge in [0.15, 0.2) is 17.6 Å². The van der Waals surface area contributed by atoms with Crippen LogP contribution in [0.15, 0.2) is 47.4 Å². The number of para-hydroxylation sites is 1. The summed E-state index contributed by atoms with van der Waals surface area (Å²) in [4.78, 5) is 23.9. The van der Waals surface area contributed by atoms with Crippen LogP contribution in [0.1, 0.15) is 13.3 Å². The van der Waals surface area contributed by atoms with E-state index in [0.29, 0.717) is 31.1 Å². The Morgan fingerprint density at radius 3 is 2.58 bits per heavy atom. The summed E-state index contributed by atoms with van der Waals surface area (Å²) in [5.41, 5.74) is -0.0643. The number of benzene rings is 2. The topological polar surface area (TPSA) is 120 Å². The van der Waals surface area contributed by atoms with E-state index in [0.717, 1.165) is 0 Å². The Labute approximate surface area is 178 Å². The van der Waals surface area contributed by atoms with Crippen molar-refractivity contribution in [3.05, 3.63) is 48.3 Å². The van der Waals surface area contributed by atoms with Crippen LogP contribution in [0.5, 0.6) is 11.5 Å². The van der Waals surface area contributed by atoms with Crippen molar-refractivity contribution >= 4 is 27.6 Å². The summed E-state index contributed by atoms with van der Waals surface area (Å²) in [6.07, 6.45) is -0.599. The molecule has 1 aliphatic rings. The first-order valence-electron chi connectivity index (χ1n) is 9.40. The van der Waals surface area contributed by atoms with E-state index in [4.69, 9.17) is 14.2 Å². The molecule has 166 valence electrons. The van der Waals surface area contributed by atoms with Crippen molar-refractivity contribution in [2.75, 3.05) is 25.1 Å². The van der Waals surface area contributed by atoms with E-state index in [-0.39, 0.29) is 10.6 Å². The summed E-state index contributed by atoms with van der Waals surface area (Å²) in [5, 5.41) is 2.29. The van der Waals surface area contributed by atoms with Gasteiger partial charge in [0.2, 0.25) is 10.0 Å². The maximum absolute atomic E-state index is 13.6. The number of anilines is 1. The number of fused-ring (bicyclic) bond motifs is 1. The first kappa shape index (κ1) is 22.5. The summed E-state index contributed by atoms with van der Waals surface area (Å²) in [6, 6.07) is 9.62. The molecule has 0 aliphatic carbocycles. The van der Waals surface area contributed by atoms with Gasteiger partial charge >= 0.3 is 5.97 Å². The zero-order valence-electron chi connectivity index (χ0n) is 16.6. The molecular formula is C20H21FN2O7S. The molecule has 1 aliphatic heterocycles. The lowest BCUT2D eigenvalue weighted by molar-refractivity contribution is -0.151. The molecule has 1 atom stereocenters. The minimum Gasteiger partial charge on any atom is -0.490 e. The average Bonchev–Trinajstić information content (AvgIpc) is 2.99. The van der Waals surface area contributed by atoms with Crippen molar-refractivity contribution in [1.29, 1.82) is 0 Å². The van der Waals surface area contributed by atoms with E-state index >= 15 is 0 Å². The lowest BCUT2D eigenvalue weighted by atomic mass is 10.3. The number of hydrogen-bond donors (Lipinski definition) is 2. The number of carbonyl (C=O) groups excluding carboxylic acids is 2. The van der Waals surface area contributed by atoms with Gasteiger partial charge in [-0.1, -0.05) is 12.1 Å². The normalized spacial score (nSPS) is 14.3. The second-order valence-electron chi connectivity index (χ2n) is 6.58. The SMILES string of the molecule is CC(OC(=O)CNS(=O)(=O)c1ccc2c(c1)OCCCO2)C(=O)Nc1ccccc1F. The molecular weight excluding hydrogens is 431 g/mol. The minimum absolute atomic E-state index is 0.0643. The van der Waals surface area contributed by atoms with Crippen molar-refractivity contribution in [2.45, 2.75) is 24.3 Å². The molecule has 0 radical (unpaired) electrons. The summed E-state index contributed by atoms with van der Waals surface area (Å²) in [5.74, 6) is -1.65. The number of hydrogen-bond acceptors (Lipinski definition) is 7. The highest BCUT2D eigenvalue weighted by molar-refractivity contribution is 7.89. The lowest BCUT2D eigenvalue weighted by Gasteiger charge is -2.14. The van der Waals surface area contributed by atoms with Crippen LogP contribution in [0.25, 0.3) is 0 Å². The van der Waals surface area contributed by atoms with E-state index in [1.807, 2.05) is 0 Å². The minimum atomic E-state index is -4.05. The largest absolute Gasteiger partial charge is 0.490 e. The molecule has 31 heavy (non-hydrogen) atoms.